The zero-order chi connectivity index (χ0) is 8.16. The first-order chi connectivity index (χ1) is 5.33. The lowest BCUT2D eigenvalue weighted by Crippen LogP contribution is -2.14. The van der Waals surface area contributed by atoms with Crippen molar-refractivity contribution in [2.45, 2.75) is 26.2 Å². The molecule has 0 bridgehead atoms. The molecule has 60 valence electrons. The van der Waals surface area contributed by atoms with Gasteiger partial charge in [-0.2, -0.15) is 0 Å². The van der Waals surface area contributed by atoms with E-state index in [1.807, 2.05) is 0 Å². The molecule has 0 radical (unpaired) electrons. The van der Waals surface area contributed by atoms with E-state index in [2.05, 4.69) is 43.9 Å². The van der Waals surface area contributed by atoms with Crippen molar-refractivity contribution in [2.75, 3.05) is 0 Å². The summed E-state index contributed by atoms with van der Waals surface area (Å²) in [6.07, 6.45) is 14.4. The summed E-state index contributed by atoms with van der Waals surface area (Å²) in [5, 5.41) is 0. The summed E-state index contributed by atoms with van der Waals surface area (Å²) in [6, 6.07) is 0. The highest BCUT2D eigenvalue weighted by Gasteiger charge is 2.21. The summed E-state index contributed by atoms with van der Waals surface area (Å²) in [4.78, 5) is 0. The van der Waals surface area contributed by atoms with E-state index >= 15 is 0 Å². The average molecular weight is 148 g/mol. The molecular weight excluding hydrogens is 132 g/mol. The maximum absolute atomic E-state index is 3.89. The highest BCUT2D eigenvalue weighted by atomic mass is 14.2. The van der Waals surface area contributed by atoms with Crippen LogP contribution in [0.25, 0.3) is 0 Å². The standard InChI is InChI=1S/C11H16/c1-3-8-11(4-2)9-6-5-7-10-11/h4-7,9H,2-3,8,10H2,1H3. The smallest absolute Gasteiger partial charge is 0.00959 e. The first-order valence-corrected chi connectivity index (χ1v) is 4.31. The maximum Gasteiger partial charge on any atom is 0.00959 e. The normalized spacial score (nSPS) is 28.8. The second kappa shape index (κ2) is 3.56. The van der Waals surface area contributed by atoms with Crippen LogP contribution >= 0.6 is 0 Å². The van der Waals surface area contributed by atoms with Crippen molar-refractivity contribution >= 4 is 0 Å². The number of rotatable bonds is 3. The minimum Gasteiger partial charge on any atom is -0.102 e. The van der Waals surface area contributed by atoms with E-state index < -0.39 is 0 Å². The molecule has 0 aromatic heterocycles. The second-order valence-corrected chi connectivity index (χ2v) is 3.18. The Labute approximate surface area is 69.3 Å². The lowest BCUT2D eigenvalue weighted by molar-refractivity contribution is 0.447. The van der Waals surface area contributed by atoms with Crippen LogP contribution in [0.1, 0.15) is 26.2 Å². The predicted octanol–water partition coefficient (Wildman–Crippen LogP) is 3.48. The molecule has 0 N–H and O–H groups in total. The molecule has 0 aromatic rings. The van der Waals surface area contributed by atoms with Gasteiger partial charge in [-0.15, -0.1) is 6.58 Å². The van der Waals surface area contributed by atoms with Crippen molar-refractivity contribution in [1.29, 1.82) is 0 Å². The molecule has 0 heterocycles. The third kappa shape index (κ3) is 1.83. The third-order valence-corrected chi connectivity index (χ3v) is 2.30. The van der Waals surface area contributed by atoms with Crippen LogP contribution in [0.15, 0.2) is 37.0 Å². The minimum absolute atomic E-state index is 0.267. The summed E-state index contributed by atoms with van der Waals surface area (Å²) in [5.41, 5.74) is 0.267. The molecule has 0 amide bonds. The molecule has 0 fully saturated rings. The lowest BCUT2D eigenvalue weighted by atomic mass is 9.78. The zero-order valence-electron chi connectivity index (χ0n) is 7.22. The molecule has 1 unspecified atom stereocenters. The van der Waals surface area contributed by atoms with Gasteiger partial charge < -0.3 is 0 Å². The Bertz CT molecular complexity index is 186. The van der Waals surface area contributed by atoms with Crippen LogP contribution in [0.4, 0.5) is 0 Å². The van der Waals surface area contributed by atoms with Gasteiger partial charge in [-0.25, -0.2) is 0 Å². The molecule has 0 aromatic carbocycles. The van der Waals surface area contributed by atoms with Crippen LogP contribution < -0.4 is 0 Å². The van der Waals surface area contributed by atoms with Crippen LogP contribution in [0.2, 0.25) is 0 Å². The van der Waals surface area contributed by atoms with Crippen LogP contribution in [0.3, 0.4) is 0 Å². The Morgan fingerprint density at radius 1 is 1.55 bits per heavy atom. The Morgan fingerprint density at radius 2 is 2.36 bits per heavy atom. The molecule has 0 saturated carbocycles. The Kier molecular flexibility index (Phi) is 2.70. The van der Waals surface area contributed by atoms with Crippen LogP contribution in [-0.4, -0.2) is 0 Å². The van der Waals surface area contributed by atoms with Crippen LogP contribution in [-0.2, 0) is 0 Å². The van der Waals surface area contributed by atoms with Crippen molar-refractivity contribution in [1.82, 2.24) is 0 Å². The molecule has 0 saturated heterocycles. The van der Waals surface area contributed by atoms with Crippen LogP contribution in [0.5, 0.6) is 0 Å². The molecule has 1 aliphatic carbocycles. The predicted molar refractivity (Wildman–Crippen MR) is 50.4 cm³/mol. The fourth-order valence-corrected chi connectivity index (χ4v) is 1.59. The number of hydrogen-bond acceptors (Lipinski definition) is 0. The van der Waals surface area contributed by atoms with E-state index in [1.165, 1.54) is 12.8 Å². The van der Waals surface area contributed by atoms with Crippen molar-refractivity contribution in [3.05, 3.63) is 37.0 Å². The molecule has 1 atom stereocenters. The van der Waals surface area contributed by atoms with E-state index in [-0.39, 0.29) is 5.41 Å². The zero-order valence-corrected chi connectivity index (χ0v) is 7.22. The average Bonchev–Trinajstić information content (AvgIpc) is 2.07. The monoisotopic (exact) mass is 148 g/mol. The topological polar surface area (TPSA) is 0 Å². The van der Waals surface area contributed by atoms with Gasteiger partial charge in [0.15, 0.2) is 0 Å². The van der Waals surface area contributed by atoms with Crippen molar-refractivity contribution in [2.24, 2.45) is 5.41 Å². The summed E-state index contributed by atoms with van der Waals surface area (Å²) in [5.74, 6) is 0. The van der Waals surface area contributed by atoms with Crippen LogP contribution in [0, 0.1) is 5.41 Å². The molecular formula is C11H16. The van der Waals surface area contributed by atoms with Crippen molar-refractivity contribution < 1.29 is 0 Å². The first kappa shape index (κ1) is 8.32. The highest BCUT2D eigenvalue weighted by Crippen LogP contribution is 2.33. The molecule has 11 heavy (non-hydrogen) atoms. The Hall–Kier alpha value is -0.780. The second-order valence-electron chi connectivity index (χ2n) is 3.18. The molecule has 1 rings (SSSR count). The van der Waals surface area contributed by atoms with Crippen molar-refractivity contribution in [3.8, 4) is 0 Å². The van der Waals surface area contributed by atoms with E-state index in [4.69, 9.17) is 0 Å². The van der Waals surface area contributed by atoms with E-state index in [0.717, 1.165) is 6.42 Å². The Balaban J connectivity index is 2.68. The summed E-state index contributed by atoms with van der Waals surface area (Å²) >= 11 is 0. The van der Waals surface area contributed by atoms with E-state index in [9.17, 15) is 0 Å². The van der Waals surface area contributed by atoms with Gasteiger partial charge in [-0.3, -0.25) is 0 Å². The quantitative estimate of drug-likeness (QED) is 0.537. The van der Waals surface area contributed by atoms with Gasteiger partial charge >= 0.3 is 0 Å². The third-order valence-electron chi connectivity index (χ3n) is 2.30. The largest absolute Gasteiger partial charge is 0.102 e. The van der Waals surface area contributed by atoms with Gasteiger partial charge in [-0.05, 0) is 12.8 Å². The summed E-state index contributed by atoms with van der Waals surface area (Å²) in [6.45, 7) is 6.11. The van der Waals surface area contributed by atoms with E-state index in [1.54, 1.807) is 0 Å². The number of allylic oxidation sites excluding steroid dienone is 5. The summed E-state index contributed by atoms with van der Waals surface area (Å²) in [7, 11) is 0. The molecule has 0 aliphatic heterocycles. The Morgan fingerprint density at radius 3 is 2.82 bits per heavy atom. The molecule has 0 nitrogen and oxygen atoms in total. The highest BCUT2D eigenvalue weighted by molar-refractivity contribution is 5.21. The first-order valence-electron chi connectivity index (χ1n) is 4.31. The summed E-state index contributed by atoms with van der Waals surface area (Å²) < 4.78 is 0. The van der Waals surface area contributed by atoms with Gasteiger partial charge in [0.1, 0.15) is 0 Å². The maximum atomic E-state index is 3.89. The fourth-order valence-electron chi connectivity index (χ4n) is 1.59. The minimum atomic E-state index is 0.267. The SMILES string of the molecule is C=CC1(CCC)C=CC=CC1. The lowest BCUT2D eigenvalue weighted by Gasteiger charge is -2.26. The van der Waals surface area contributed by atoms with Gasteiger partial charge in [0.05, 0.1) is 0 Å². The molecule has 0 heteroatoms. The molecule has 0 spiro atoms. The van der Waals surface area contributed by atoms with E-state index in [0.29, 0.717) is 0 Å². The van der Waals surface area contributed by atoms with Gasteiger partial charge in [-0.1, -0.05) is 43.7 Å². The fraction of sp³-hybridized carbons (Fsp3) is 0.455. The van der Waals surface area contributed by atoms with Gasteiger partial charge in [0.2, 0.25) is 0 Å². The van der Waals surface area contributed by atoms with Gasteiger partial charge in [0.25, 0.3) is 0 Å². The van der Waals surface area contributed by atoms with Gasteiger partial charge in [0, 0.05) is 5.41 Å². The van der Waals surface area contributed by atoms with Crippen molar-refractivity contribution in [3.63, 3.8) is 0 Å². The number of hydrogen-bond donors (Lipinski definition) is 0. The molecule has 1 aliphatic rings.